The molecule has 2 N–H and O–H groups in total. The van der Waals surface area contributed by atoms with Gasteiger partial charge in [0, 0.05) is 58.1 Å². The van der Waals surface area contributed by atoms with Crippen LogP contribution in [0.3, 0.4) is 0 Å². The number of nitrogens with two attached hydrogens (primary N) is 1. The molecular formula is C21H28IN7O. The molecule has 160 valence electrons. The average molecular weight is 521 g/mol. The topological polar surface area (TPSA) is 91.0 Å². The van der Waals surface area contributed by atoms with Crippen LogP contribution >= 0.6 is 24.0 Å². The Bertz CT molecular complexity index is 869. The zero-order valence-corrected chi connectivity index (χ0v) is 19.3. The van der Waals surface area contributed by atoms with Crippen LogP contribution in [0.25, 0.3) is 0 Å². The fourth-order valence-corrected chi connectivity index (χ4v) is 3.78. The van der Waals surface area contributed by atoms with Gasteiger partial charge < -0.3 is 20.4 Å². The van der Waals surface area contributed by atoms with Crippen LogP contribution in [0.1, 0.15) is 24.0 Å². The lowest BCUT2D eigenvalue weighted by molar-refractivity contribution is -0.128. The van der Waals surface area contributed by atoms with Crippen molar-refractivity contribution in [2.45, 2.75) is 25.9 Å². The molecule has 0 saturated carbocycles. The summed E-state index contributed by atoms with van der Waals surface area (Å²) in [5, 5.41) is 0. The second-order valence-electron chi connectivity index (χ2n) is 7.44. The zero-order chi connectivity index (χ0) is 20.1. The van der Waals surface area contributed by atoms with E-state index >= 15 is 0 Å². The van der Waals surface area contributed by atoms with E-state index in [1.165, 1.54) is 0 Å². The van der Waals surface area contributed by atoms with E-state index in [4.69, 9.17) is 5.73 Å². The molecular weight excluding hydrogens is 493 g/mol. The average Bonchev–Trinajstić information content (AvgIpc) is 3.17. The van der Waals surface area contributed by atoms with Crippen LogP contribution in [0.4, 0.5) is 5.95 Å². The Kier molecular flexibility index (Phi) is 7.83. The number of carbonyl (C=O) groups is 1. The summed E-state index contributed by atoms with van der Waals surface area (Å²) >= 11 is 0. The standard InChI is InChI=1S/C21H27N7O.HI/c22-20(26-10-12-27(13-11-26)21-23-7-3-8-24-21)25-15-17-4-1-5-18(14-17)16-28-9-2-6-19(28)29;/h1,3-5,7-8,14H,2,6,9-13,15-16H2,(H2,22,25);1H. The number of benzene rings is 1. The smallest absolute Gasteiger partial charge is 0.225 e. The molecule has 4 rings (SSSR count). The van der Waals surface area contributed by atoms with Crippen LogP contribution in [-0.2, 0) is 17.9 Å². The van der Waals surface area contributed by atoms with Crippen molar-refractivity contribution in [3.8, 4) is 0 Å². The van der Waals surface area contributed by atoms with Gasteiger partial charge >= 0.3 is 0 Å². The fourth-order valence-electron chi connectivity index (χ4n) is 3.78. The number of hydrogen-bond donors (Lipinski definition) is 1. The summed E-state index contributed by atoms with van der Waals surface area (Å²) in [6, 6.07) is 10.1. The predicted octanol–water partition coefficient (Wildman–Crippen LogP) is 1.85. The molecule has 2 aliphatic heterocycles. The minimum atomic E-state index is 0. The first kappa shape index (κ1) is 22.3. The molecule has 0 bridgehead atoms. The Morgan fingerprint density at radius 2 is 1.77 bits per heavy atom. The minimum Gasteiger partial charge on any atom is -0.370 e. The molecule has 2 aromatic rings. The van der Waals surface area contributed by atoms with Gasteiger partial charge in [0.2, 0.25) is 11.9 Å². The van der Waals surface area contributed by atoms with E-state index in [0.29, 0.717) is 25.5 Å². The number of guanidine groups is 1. The fraction of sp³-hybridized carbons (Fsp3) is 0.429. The van der Waals surface area contributed by atoms with Crippen molar-refractivity contribution in [3.05, 3.63) is 53.9 Å². The summed E-state index contributed by atoms with van der Waals surface area (Å²) in [5.41, 5.74) is 8.49. The SMILES string of the molecule is I.NC(=NCc1cccc(CN2CCCC2=O)c1)N1CCN(c2ncccn2)CC1. The number of likely N-dealkylation sites (tertiary alicyclic amines) is 1. The molecule has 3 heterocycles. The maximum Gasteiger partial charge on any atom is 0.225 e. The first-order chi connectivity index (χ1) is 14.2. The quantitative estimate of drug-likeness (QED) is 0.367. The summed E-state index contributed by atoms with van der Waals surface area (Å²) in [6.07, 6.45) is 5.16. The number of anilines is 1. The number of carbonyl (C=O) groups excluding carboxylic acids is 1. The lowest BCUT2D eigenvalue weighted by atomic mass is 10.1. The van der Waals surface area contributed by atoms with Gasteiger partial charge in [0.15, 0.2) is 5.96 Å². The summed E-state index contributed by atoms with van der Waals surface area (Å²) < 4.78 is 0. The zero-order valence-electron chi connectivity index (χ0n) is 17.0. The first-order valence-electron chi connectivity index (χ1n) is 10.1. The van der Waals surface area contributed by atoms with Crippen molar-refractivity contribution in [2.75, 3.05) is 37.6 Å². The van der Waals surface area contributed by atoms with Crippen molar-refractivity contribution in [3.63, 3.8) is 0 Å². The molecule has 0 atom stereocenters. The van der Waals surface area contributed by atoms with E-state index in [0.717, 1.165) is 56.2 Å². The number of piperazine rings is 1. The molecule has 2 aliphatic rings. The molecule has 9 heteroatoms. The summed E-state index contributed by atoms with van der Waals surface area (Å²) in [6.45, 7) is 5.30. The Labute approximate surface area is 194 Å². The molecule has 0 spiro atoms. The van der Waals surface area contributed by atoms with Gasteiger partial charge in [-0.3, -0.25) is 4.79 Å². The van der Waals surface area contributed by atoms with Gasteiger partial charge in [-0.2, -0.15) is 0 Å². The van der Waals surface area contributed by atoms with E-state index in [1.54, 1.807) is 12.4 Å². The van der Waals surface area contributed by atoms with Gasteiger partial charge in [0.1, 0.15) is 0 Å². The highest BCUT2D eigenvalue weighted by molar-refractivity contribution is 14.0. The van der Waals surface area contributed by atoms with Crippen molar-refractivity contribution < 1.29 is 4.79 Å². The molecule has 8 nitrogen and oxygen atoms in total. The van der Waals surface area contributed by atoms with Crippen molar-refractivity contribution in [1.82, 2.24) is 19.8 Å². The van der Waals surface area contributed by atoms with E-state index in [-0.39, 0.29) is 29.9 Å². The highest BCUT2D eigenvalue weighted by atomic mass is 127. The molecule has 0 radical (unpaired) electrons. The molecule has 2 fully saturated rings. The number of nitrogens with zero attached hydrogens (tertiary/aromatic N) is 6. The minimum absolute atomic E-state index is 0. The third-order valence-corrected chi connectivity index (χ3v) is 5.40. The molecule has 0 aliphatic carbocycles. The molecule has 1 aromatic carbocycles. The molecule has 1 amide bonds. The van der Waals surface area contributed by atoms with Gasteiger partial charge in [0.05, 0.1) is 6.54 Å². The van der Waals surface area contributed by atoms with Crippen molar-refractivity contribution >= 4 is 41.8 Å². The van der Waals surface area contributed by atoms with E-state index < -0.39 is 0 Å². The maximum absolute atomic E-state index is 11.8. The Balaban J connectivity index is 0.00000256. The molecule has 0 unspecified atom stereocenters. The summed E-state index contributed by atoms with van der Waals surface area (Å²) in [7, 11) is 0. The number of rotatable bonds is 5. The highest BCUT2D eigenvalue weighted by Gasteiger charge is 2.21. The Morgan fingerprint density at radius 1 is 1.03 bits per heavy atom. The largest absolute Gasteiger partial charge is 0.370 e. The van der Waals surface area contributed by atoms with Crippen molar-refractivity contribution in [2.24, 2.45) is 10.7 Å². The van der Waals surface area contributed by atoms with Gasteiger partial charge in [0.25, 0.3) is 0 Å². The molecule has 30 heavy (non-hydrogen) atoms. The van der Waals surface area contributed by atoms with Crippen molar-refractivity contribution in [1.29, 1.82) is 0 Å². The highest BCUT2D eigenvalue weighted by Crippen LogP contribution is 2.16. The number of aromatic nitrogens is 2. The van der Waals surface area contributed by atoms with E-state index in [9.17, 15) is 4.79 Å². The Morgan fingerprint density at radius 3 is 2.47 bits per heavy atom. The Hall–Kier alpha value is -2.43. The first-order valence-corrected chi connectivity index (χ1v) is 10.1. The predicted molar refractivity (Wildman–Crippen MR) is 128 cm³/mol. The molecule has 2 saturated heterocycles. The van der Waals surface area contributed by atoms with E-state index in [2.05, 4.69) is 43.0 Å². The van der Waals surface area contributed by atoms with Crippen LogP contribution in [0.2, 0.25) is 0 Å². The second kappa shape index (κ2) is 10.6. The van der Waals surface area contributed by atoms with Crippen LogP contribution in [0.15, 0.2) is 47.7 Å². The summed E-state index contributed by atoms with van der Waals surface area (Å²) in [5.74, 6) is 1.58. The number of halogens is 1. The lowest BCUT2D eigenvalue weighted by Gasteiger charge is -2.35. The maximum atomic E-state index is 11.8. The van der Waals surface area contributed by atoms with Gasteiger partial charge in [-0.25, -0.2) is 15.0 Å². The van der Waals surface area contributed by atoms with Gasteiger partial charge in [-0.15, -0.1) is 24.0 Å². The second-order valence-corrected chi connectivity index (χ2v) is 7.44. The van der Waals surface area contributed by atoms with Gasteiger partial charge in [-0.1, -0.05) is 24.3 Å². The third-order valence-electron chi connectivity index (χ3n) is 5.40. The number of amides is 1. The number of hydrogen-bond acceptors (Lipinski definition) is 5. The third kappa shape index (κ3) is 5.59. The normalized spacial score (nSPS) is 17.3. The van der Waals surface area contributed by atoms with Crippen LogP contribution in [0.5, 0.6) is 0 Å². The van der Waals surface area contributed by atoms with Crippen LogP contribution < -0.4 is 10.6 Å². The van der Waals surface area contributed by atoms with Gasteiger partial charge in [-0.05, 0) is 23.6 Å². The van der Waals surface area contributed by atoms with E-state index in [1.807, 2.05) is 17.0 Å². The number of aliphatic imine (C=N–C) groups is 1. The monoisotopic (exact) mass is 521 g/mol. The van der Waals surface area contributed by atoms with Crippen LogP contribution in [-0.4, -0.2) is 64.4 Å². The molecule has 1 aromatic heterocycles. The summed E-state index contributed by atoms with van der Waals surface area (Å²) in [4.78, 5) is 31.2. The lowest BCUT2D eigenvalue weighted by Crippen LogP contribution is -2.51. The van der Waals surface area contributed by atoms with Crippen LogP contribution in [0, 0.1) is 0 Å².